The number of benzene rings is 3. The van der Waals surface area contributed by atoms with Gasteiger partial charge in [-0.2, -0.15) is 4.99 Å². The van der Waals surface area contributed by atoms with Crippen molar-refractivity contribution >= 4 is 54.5 Å². The Morgan fingerprint density at radius 3 is 1.28 bits per heavy atom. The van der Waals surface area contributed by atoms with Gasteiger partial charge in [0.2, 0.25) is 6.08 Å². The minimum absolute atomic E-state index is 0.0246. The van der Waals surface area contributed by atoms with Gasteiger partial charge in [-0.05, 0) is 106 Å². The number of carbonyl (C=O) groups excluding carboxylic acids is 6. The number of isocyanates is 1. The number of amides is 2. The molecule has 478 valence electrons. The van der Waals surface area contributed by atoms with Crippen LogP contribution in [0.25, 0.3) is 0 Å². The number of hydrogen-bond acceptors (Lipinski definition) is 19. The highest BCUT2D eigenvalue weighted by Crippen LogP contribution is 2.26. The zero-order chi connectivity index (χ0) is 65.3. The Morgan fingerprint density at radius 2 is 0.942 bits per heavy atom. The molecule has 3 N–H and O–H groups in total. The molecule has 21 nitrogen and oxygen atoms in total. The number of rotatable bonds is 34. The van der Waals surface area contributed by atoms with Gasteiger partial charge in [0.1, 0.15) is 38.1 Å². The molecule has 0 saturated carbocycles. The Kier molecular flexibility index (Phi) is 47.1. The fourth-order valence-corrected chi connectivity index (χ4v) is 10.3. The van der Waals surface area contributed by atoms with E-state index >= 15 is 0 Å². The summed E-state index contributed by atoms with van der Waals surface area (Å²) < 4.78 is 58.5. The molecule has 23 heteroatoms. The highest BCUT2D eigenvalue weighted by Gasteiger charge is 2.41. The summed E-state index contributed by atoms with van der Waals surface area (Å²) in [7, 11) is -4.60. The number of nitrogens with one attached hydrogen (secondary N) is 2. The van der Waals surface area contributed by atoms with Gasteiger partial charge in [-0.15, -0.1) is 13.2 Å². The maximum absolute atomic E-state index is 12.5. The molecule has 0 bridgehead atoms. The van der Waals surface area contributed by atoms with Gasteiger partial charge >= 0.3 is 48.4 Å². The van der Waals surface area contributed by atoms with Crippen LogP contribution in [0.5, 0.6) is 0 Å². The first-order chi connectivity index (χ1) is 41.0. The Labute approximate surface area is 513 Å². The Morgan fingerprint density at radius 1 is 0.570 bits per heavy atom. The first kappa shape index (κ1) is 80.9. The second kappa shape index (κ2) is 50.0. The predicted octanol–water partition coefficient (Wildman–Crippen LogP) is 11.1. The second-order valence-corrected chi connectivity index (χ2v) is 22.6. The van der Waals surface area contributed by atoms with E-state index in [-0.39, 0.29) is 43.5 Å². The summed E-state index contributed by atoms with van der Waals surface area (Å²) in [5.41, 5.74) is 3.72. The summed E-state index contributed by atoms with van der Waals surface area (Å²) in [5.74, 6) is -1.49. The predicted molar refractivity (Wildman–Crippen MR) is 335 cm³/mol. The minimum atomic E-state index is -2.87. The van der Waals surface area contributed by atoms with Crippen molar-refractivity contribution in [1.82, 2.24) is 10.6 Å². The van der Waals surface area contributed by atoms with Gasteiger partial charge in [0, 0.05) is 62.4 Å². The van der Waals surface area contributed by atoms with Crippen molar-refractivity contribution in [2.75, 3.05) is 59.5 Å². The third-order valence-corrected chi connectivity index (χ3v) is 15.4. The molecule has 2 amide bonds. The quantitative estimate of drug-likeness (QED) is 0.00954. The lowest BCUT2D eigenvalue weighted by atomic mass is 10.1. The molecule has 0 spiro atoms. The molecular weight excluding hydrogens is 1140 g/mol. The fraction of sp³-hybridized carbons (Fsp3) is 0.460. The molecule has 3 aromatic carbocycles. The summed E-state index contributed by atoms with van der Waals surface area (Å²) in [6, 6.07) is 28.1. The zero-order valence-electron chi connectivity index (χ0n) is 52.5. The summed E-state index contributed by atoms with van der Waals surface area (Å²) >= 11 is 0. The fourth-order valence-electron chi connectivity index (χ4n) is 6.51. The van der Waals surface area contributed by atoms with E-state index in [9.17, 15) is 28.8 Å². The van der Waals surface area contributed by atoms with Crippen LogP contribution in [0, 0.1) is 0 Å². The first-order valence-electron chi connectivity index (χ1n) is 28.3. The molecule has 86 heavy (non-hydrogen) atoms. The van der Waals surface area contributed by atoms with E-state index in [2.05, 4.69) is 53.3 Å². The van der Waals surface area contributed by atoms with Crippen molar-refractivity contribution in [1.29, 1.82) is 0 Å². The lowest BCUT2D eigenvalue weighted by Crippen LogP contribution is -2.46. The van der Waals surface area contributed by atoms with Crippen LogP contribution in [-0.2, 0) is 69.4 Å². The molecule has 3 rings (SSSR count). The van der Waals surface area contributed by atoms with Crippen LogP contribution < -0.4 is 10.6 Å². The average molecular weight is 1240 g/mol. The third-order valence-electron chi connectivity index (χ3n) is 10.5. The maximum atomic E-state index is 12.5. The number of hydrogen-bond donors (Lipinski definition) is 3. The van der Waals surface area contributed by atoms with Gasteiger partial charge < -0.3 is 66.0 Å². The van der Waals surface area contributed by atoms with Gasteiger partial charge in [0.25, 0.3) is 0 Å². The molecular formula is C63H95N3O18Si2. The largest absolute Gasteiger partial charge is 0.501 e. The third kappa shape index (κ3) is 39.5. The lowest BCUT2D eigenvalue weighted by Gasteiger charge is -2.30. The Hall–Kier alpha value is -7.16. The molecule has 6 unspecified atom stereocenters. The first-order valence-corrected chi connectivity index (χ1v) is 31.7. The molecule has 0 aromatic heterocycles. The number of ether oxygens (including phenoxy) is 5. The average Bonchev–Trinajstić information content (AvgIpc) is 3.59. The van der Waals surface area contributed by atoms with E-state index in [0.29, 0.717) is 63.3 Å². The number of aliphatic hydroxyl groups is 1. The van der Waals surface area contributed by atoms with Gasteiger partial charge in [-0.3, -0.25) is 0 Å². The lowest BCUT2D eigenvalue weighted by molar-refractivity contribution is -0.142. The SMILES string of the molecule is C=C(C)C(=O)OCC(C)O.C=C(C)C(=O)OCC(C)OC(=O)NC(CC[Si](OCC)(OCC)OCC)c1ccccc1.C=CC(N=C=O)c1ccccc1.C=CC(NC(=O)OC(C)COC(=O)C(=C)C)c1ccccc1.CCO[SiH](OCC)OCC. The molecule has 0 aliphatic heterocycles. The van der Waals surface area contributed by atoms with Crippen LogP contribution in [0.4, 0.5) is 9.59 Å². The van der Waals surface area contributed by atoms with Crippen LogP contribution in [0.1, 0.15) is 124 Å². The van der Waals surface area contributed by atoms with Crippen molar-refractivity contribution in [3.8, 4) is 0 Å². The smallest absolute Gasteiger partial charge is 0.460 e. The van der Waals surface area contributed by atoms with Crippen LogP contribution >= 0.6 is 0 Å². The van der Waals surface area contributed by atoms with Crippen LogP contribution in [-0.4, -0.2) is 137 Å². The van der Waals surface area contributed by atoms with Crippen molar-refractivity contribution in [3.63, 3.8) is 0 Å². The van der Waals surface area contributed by atoms with E-state index in [1.807, 2.05) is 133 Å². The monoisotopic (exact) mass is 1240 g/mol. The number of aliphatic imine (C=N–C) groups is 1. The summed E-state index contributed by atoms with van der Waals surface area (Å²) in [6.07, 6.45) is 2.30. The van der Waals surface area contributed by atoms with E-state index in [1.165, 1.54) is 6.08 Å². The minimum Gasteiger partial charge on any atom is -0.460 e. The second-order valence-electron chi connectivity index (χ2n) is 18.3. The maximum Gasteiger partial charge on any atom is 0.501 e. The van der Waals surface area contributed by atoms with Crippen molar-refractivity contribution in [2.45, 2.75) is 132 Å². The van der Waals surface area contributed by atoms with Gasteiger partial charge in [0.15, 0.2) is 0 Å². The molecule has 0 heterocycles. The van der Waals surface area contributed by atoms with Crippen molar-refractivity contribution in [3.05, 3.63) is 169 Å². The highest BCUT2D eigenvalue weighted by atomic mass is 28.4. The molecule has 0 radical (unpaired) electrons. The highest BCUT2D eigenvalue weighted by molar-refractivity contribution is 6.60. The van der Waals surface area contributed by atoms with E-state index in [1.54, 1.807) is 53.7 Å². The van der Waals surface area contributed by atoms with E-state index in [0.717, 1.165) is 16.7 Å². The normalized spacial score (nSPS) is 12.4. The molecule has 0 aliphatic rings. The zero-order valence-corrected chi connectivity index (χ0v) is 54.7. The summed E-state index contributed by atoms with van der Waals surface area (Å²) in [4.78, 5) is 71.4. The van der Waals surface area contributed by atoms with Crippen molar-refractivity contribution in [2.24, 2.45) is 4.99 Å². The Balaban J connectivity index is 0. The number of aliphatic hydroxyl groups excluding tert-OH is 1. The summed E-state index contributed by atoms with van der Waals surface area (Å²) in [5, 5.41) is 14.3. The molecule has 0 fully saturated rings. The number of esters is 3. The van der Waals surface area contributed by atoms with Gasteiger partial charge in [0.05, 0.1) is 18.2 Å². The van der Waals surface area contributed by atoms with Crippen molar-refractivity contribution < 1.29 is 84.1 Å². The molecule has 6 atom stereocenters. The van der Waals surface area contributed by atoms with E-state index < -0.39 is 66.7 Å². The standard InChI is InChI=1S/C23H37NO7Si.C17H21NO4.C10H9NO.C7H12O3.C6H16O3Si/c1-7-28-32(29-8-2,30-9-3)16-15-21(20-13-11-10-12-14-20)24-23(26)31-19(6)17-27-22(25)18(4)5;1-5-15(14-9-7-6-8-10-14)18-17(20)22-13(4)11-21-16(19)12(2)3;1-2-10(11-8-12)9-6-4-3-5-7-9;1-5(2)7(9)10-4-6(3)8;1-4-7-10(8-5-2)9-6-3/h10-14,19,21H,4,7-9,15-17H2,1-3,5-6H3,(H,24,26);5-10,13,15H,1-2,11H2,3-4H3,(H,18,20);2-7,10H,1H2;6,8H,1,4H2,2-3H3;10H,4-6H2,1-3H3. The summed E-state index contributed by atoms with van der Waals surface area (Å²) in [6.45, 7) is 42.2. The Bertz CT molecular complexity index is 2430. The number of nitrogens with zero attached hydrogens (tertiary/aromatic N) is 1. The number of alkyl carbamates (subject to hydrolysis) is 2. The van der Waals surface area contributed by atoms with E-state index in [4.69, 9.17) is 50.6 Å². The van der Waals surface area contributed by atoms with Gasteiger partial charge in [-0.1, -0.05) is 123 Å². The van der Waals surface area contributed by atoms with Crippen LogP contribution in [0.3, 0.4) is 0 Å². The molecule has 0 aliphatic carbocycles. The molecule has 0 saturated heterocycles. The molecule has 3 aromatic rings. The number of carbonyl (C=O) groups is 5. The van der Waals surface area contributed by atoms with Gasteiger partial charge in [-0.25, -0.2) is 28.8 Å². The topological polar surface area (TPSA) is 261 Å². The van der Waals surface area contributed by atoms with Crippen LogP contribution in [0.15, 0.2) is 158 Å². The van der Waals surface area contributed by atoms with Crippen LogP contribution in [0.2, 0.25) is 6.04 Å².